The van der Waals surface area contributed by atoms with Crippen LogP contribution in [0.2, 0.25) is 0 Å². The first-order valence-corrected chi connectivity index (χ1v) is 8.48. The molecule has 0 saturated carbocycles. The van der Waals surface area contributed by atoms with Gasteiger partial charge in [0.05, 0.1) is 29.4 Å². The topological polar surface area (TPSA) is 77.7 Å². The molecule has 0 aromatic carbocycles. The van der Waals surface area contributed by atoms with Gasteiger partial charge >= 0.3 is 5.97 Å². The molecule has 7 heteroatoms. The van der Waals surface area contributed by atoms with Gasteiger partial charge in [0.2, 0.25) is 0 Å². The maximum atomic E-state index is 11.9. The van der Waals surface area contributed by atoms with Crippen LogP contribution in [0.3, 0.4) is 0 Å². The standard InChI is InChI=1S/C14H16N2O4S/c1-20-14(17)10-4-5-13-15-11(9-16(13)8-10)7-12-3-2-6-21(12,18)19/h4-5,8-9,12H,2-3,6-7H2,1H3. The summed E-state index contributed by atoms with van der Waals surface area (Å²) in [5, 5.41) is -0.331. The number of fused-ring (bicyclic) bond motifs is 1. The number of methoxy groups -OCH3 is 1. The number of carbonyl (C=O) groups is 1. The van der Waals surface area contributed by atoms with Crippen molar-refractivity contribution < 1.29 is 17.9 Å². The van der Waals surface area contributed by atoms with Crippen molar-refractivity contribution in [2.24, 2.45) is 0 Å². The van der Waals surface area contributed by atoms with E-state index >= 15 is 0 Å². The molecule has 3 heterocycles. The van der Waals surface area contributed by atoms with E-state index in [1.165, 1.54) is 7.11 Å². The molecular formula is C14H16N2O4S. The van der Waals surface area contributed by atoms with Crippen molar-refractivity contribution in [2.75, 3.05) is 12.9 Å². The van der Waals surface area contributed by atoms with Crippen LogP contribution in [-0.2, 0) is 21.0 Å². The Bertz CT molecular complexity index is 794. The molecule has 2 aromatic heterocycles. The summed E-state index contributed by atoms with van der Waals surface area (Å²) >= 11 is 0. The van der Waals surface area contributed by atoms with Gasteiger partial charge in [-0.3, -0.25) is 0 Å². The first kappa shape index (κ1) is 14.1. The van der Waals surface area contributed by atoms with Crippen LogP contribution >= 0.6 is 0 Å². The van der Waals surface area contributed by atoms with Gasteiger partial charge in [-0.15, -0.1) is 0 Å². The van der Waals surface area contributed by atoms with Crippen molar-refractivity contribution in [3.8, 4) is 0 Å². The van der Waals surface area contributed by atoms with Crippen LogP contribution in [0.1, 0.15) is 28.9 Å². The lowest BCUT2D eigenvalue weighted by Gasteiger charge is -2.05. The third-order valence-electron chi connectivity index (χ3n) is 3.82. The molecule has 2 aromatic rings. The number of esters is 1. The molecular weight excluding hydrogens is 292 g/mol. The van der Waals surface area contributed by atoms with Gasteiger partial charge in [0.25, 0.3) is 0 Å². The van der Waals surface area contributed by atoms with E-state index in [2.05, 4.69) is 9.72 Å². The molecule has 21 heavy (non-hydrogen) atoms. The lowest BCUT2D eigenvalue weighted by Crippen LogP contribution is -2.18. The highest BCUT2D eigenvalue weighted by Crippen LogP contribution is 2.23. The Hall–Kier alpha value is -1.89. The molecule has 6 nitrogen and oxygen atoms in total. The van der Waals surface area contributed by atoms with Gasteiger partial charge in [-0.1, -0.05) is 0 Å². The Labute approximate surface area is 122 Å². The summed E-state index contributed by atoms with van der Waals surface area (Å²) in [6, 6.07) is 3.36. The number of carbonyl (C=O) groups excluding carboxylic acids is 1. The van der Waals surface area contributed by atoms with E-state index in [0.29, 0.717) is 24.1 Å². The van der Waals surface area contributed by atoms with Crippen molar-refractivity contribution in [1.29, 1.82) is 0 Å². The van der Waals surface area contributed by atoms with Gasteiger partial charge in [0.15, 0.2) is 9.84 Å². The molecule has 112 valence electrons. The fraction of sp³-hybridized carbons (Fsp3) is 0.429. The van der Waals surface area contributed by atoms with Crippen molar-refractivity contribution in [3.63, 3.8) is 0 Å². The van der Waals surface area contributed by atoms with Gasteiger partial charge in [0.1, 0.15) is 5.65 Å². The lowest BCUT2D eigenvalue weighted by molar-refractivity contribution is 0.0600. The molecule has 1 aliphatic heterocycles. The normalized spacial score (nSPS) is 20.7. The minimum absolute atomic E-state index is 0.275. The molecule has 0 spiro atoms. The lowest BCUT2D eigenvalue weighted by atomic mass is 10.2. The summed E-state index contributed by atoms with van der Waals surface area (Å²) < 4.78 is 30.1. The summed E-state index contributed by atoms with van der Waals surface area (Å²) in [4.78, 5) is 15.9. The first-order valence-electron chi connectivity index (χ1n) is 6.77. The van der Waals surface area contributed by atoms with Crippen molar-refractivity contribution in [3.05, 3.63) is 35.8 Å². The first-order chi connectivity index (χ1) is 9.99. The van der Waals surface area contributed by atoms with Crippen molar-refractivity contribution in [2.45, 2.75) is 24.5 Å². The van der Waals surface area contributed by atoms with Gasteiger partial charge in [-0.25, -0.2) is 18.2 Å². The quantitative estimate of drug-likeness (QED) is 0.797. The highest BCUT2D eigenvalue weighted by atomic mass is 32.2. The van der Waals surface area contributed by atoms with Crippen LogP contribution in [0.4, 0.5) is 0 Å². The summed E-state index contributed by atoms with van der Waals surface area (Å²) in [7, 11) is -1.64. The number of imidazole rings is 1. The number of hydrogen-bond acceptors (Lipinski definition) is 5. The second-order valence-corrected chi connectivity index (χ2v) is 7.64. The average molecular weight is 308 g/mol. The zero-order valence-electron chi connectivity index (χ0n) is 11.7. The average Bonchev–Trinajstić information content (AvgIpc) is 3.00. The Morgan fingerprint density at radius 1 is 1.43 bits per heavy atom. The number of aromatic nitrogens is 2. The van der Waals surface area contributed by atoms with Gasteiger partial charge in [0, 0.05) is 18.8 Å². The molecule has 0 amide bonds. The molecule has 0 N–H and O–H groups in total. The number of ether oxygens (including phenoxy) is 1. The van der Waals surface area contributed by atoms with Crippen LogP contribution in [-0.4, -0.2) is 41.9 Å². The maximum absolute atomic E-state index is 11.9. The van der Waals surface area contributed by atoms with E-state index < -0.39 is 15.8 Å². The van der Waals surface area contributed by atoms with Crippen molar-refractivity contribution >= 4 is 21.5 Å². The number of rotatable bonds is 3. The summed E-state index contributed by atoms with van der Waals surface area (Å²) in [5.74, 6) is -0.136. The molecule has 0 radical (unpaired) electrons. The Morgan fingerprint density at radius 2 is 2.24 bits per heavy atom. The zero-order chi connectivity index (χ0) is 15.0. The van der Waals surface area contributed by atoms with Crippen LogP contribution < -0.4 is 0 Å². The largest absolute Gasteiger partial charge is 0.465 e. The van der Waals surface area contributed by atoms with Gasteiger partial charge < -0.3 is 9.14 Å². The molecule has 1 atom stereocenters. The SMILES string of the molecule is COC(=O)c1ccc2nc(CC3CCCS3(=O)=O)cn2c1. The predicted octanol–water partition coefficient (Wildman–Crippen LogP) is 1.24. The van der Waals surface area contributed by atoms with E-state index in [0.717, 1.165) is 12.1 Å². The molecule has 3 rings (SSSR count). The number of sulfone groups is 1. The summed E-state index contributed by atoms with van der Waals surface area (Å²) in [5.41, 5.74) is 1.85. The Balaban J connectivity index is 1.89. The highest BCUT2D eigenvalue weighted by molar-refractivity contribution is 7.92. The second kappa shape index (κ2) is 5.14. The Kier molecular flexibility index (Phi) is 3.44. The van der Waals surface area contributed by atoms with Crippen LogP contribution in [0.25, 0.3) is 5.65 Å². The molecule has 1 unspecified atom stereocenters. The van der Waals surface area contributed by atoms with E-state index in [1.807, 2.05) is 0 Å². The minimum atomic E-state index is -2.97. The third kappa shape index (κ3) is 2.65. The van der Waals surface area contributed by atoms with Crippen LogP contribution in [0.5, 0.6) is 0 Å². The fourth-order valence-corrected chi connectivity index (χ4v) is 4.55. The van der Waals surface area contributed by atoms with Crippen LogP contribution in [0, 0.1) is 0 Å². The van der Waals surface area contributed by atoms with E-state index in [9.17, 15) is 13.2 Å². The molecule has 1 fully saturated rings. The maximum Gasteiger partial charge on any atom is 0.339 e. The minimum Gasteiger partial charge on any atom is -0.465 e. The molecule has 1 aliphatic rings. The zero-order valence-corrected chi connectivity index (χ0v) is 12.5. The van der Waals surface area contributed by atoms with Gasteiger partial charge in [-0.2, -0.15) is 0 Å². The summed E-state index contributed by atoms with van der Waals surface area (Å²) in [6.07, 6.45) is 5.27. The fourth-order valence-electron chi connectivity index (χ4n) is 2.70. The van der Waals surface area contributed by atoms with E-state index in [-0.39, 0.29) is 11.0 Å². The monoisotopic (exact) mass is 308 g/mol. The highest BCUT2D eigenvalue weighted by Gasteiger charge is 2.31. The molecule has 1 saturated heterocycles. The van der Waals surface area contributed by atoms with Gasteiger partial charge in [-0.05, 0) is 25.0 Å². The van der Waals surface area contributed by atoms with E-state index in [1.54, 1.807) is 28.9 Å². The van der Waals surface area contributed by atoms with E-state index in [4.69, 9.17) is 0 Å². The third-order valence-corrected chi connectivity index (χ3v) is 6.10. The number of nitrogens with zero attached hydrogens (tertiary/aromatic N) is 2. The predicted molar refractivity (Wildman–Crippen MR) is 77.0 cm³/mol. The van der Waals surface area contributed by atoms with Crippen molar-refractivity contribution in [1.82, 2.24) is 9.38 Å². The van der Waals surface area contributed by atoms with Crippen LogP contribution in [0.15, 0.2) is 24.5 Å². The number of hydrogen-bond donors (Lipinski definition) is 0. The second-order valence-electron chi connectivity index (χ2n) is 5.24. The number of pyridine rings is 1. The summed E-state index contributed by atoms with van der Waals surface area (Å²) in [6.45, 7) is 0. The smallest absolute Gasteiger partial charge is 0.339 e. The molecule has 0 bridgehead atoms. The molecule has 0 aliphatic carbocycles. The Morgan fingerprint density at radius 3 is 2.90 bits per heavy atom.